The molecule has 0 bridgehead atoms. The number of aliphatic hydroxyl groups excluding tert-OH is 1. The highest BCUT2D eigenvalue weighted by Crippen LogP contribution is 2.46. The first-order valence-electron chi connectivity index (χ1n) is 13.3. The van der Waals surface area contributed by atoms with Crippen LogP contribution in [0, 0.1) is 0 Å². The predicted molar refractivity (Wildman–Crippen MR) is 170 cm³/mol. The average molecular weight is 583 g/mol. The molecule has 0 aliphatic heterocycles. The van der Waals surface area contributed by atoms with Crippen molar-refractivity contribution in [3.8, 4) is 39.0 Å². The van der Waals surface area contributed by atoms with E-state index in [2.05, 4.69) is 67.8 Å². The summed E-state index contributed by atoms with van der Waals surface area (Å²) in [6.07, 6.45) is 9.85. The smallest absolute Gasteiger partial charge is 0.0774 e. The Morgan fingerprint density at radius 1 is 0.568 bits per heavy atom. The molecule has 0 fully saturated rings. The van der Waals surface area contributed by atoms with Crippen molar-refractivity contribution in [2.45, 2.75) is 71.8 Å². The van der Waals surface area contributed by atoms with Crippen LogP contribution in [0.25, 0.3) is 39.0 Å². The molecular weight excluding hydrogens is 549 g/mol. The molecule has 5 aromatic heterocycles. The van der Waals surface area contributed by atoms with Gasteiger partial charge in [-0.1, -0.05) is 39.5 Å². The SMILES string of the molecule is CCCCCc1ccsc1-c1ccc(-c2ccc(-c3ccc(-c4sc(CO)cc4CCCCC)s3)s2)s1. The lowest BCUT2D eigenvalue weighted by Gasteiger charge is -2.01. The van der Waals surface area contributed by atoms with Crippen LogP contribution in [0.3, 0.4) is 0 Å². The van der Waals surface area contributed by atoms with Crippen molar-refractivity contribution < 1.29 is 5.11 Å². The Bertz CT molecular complexity index is 1410. The largest absolute Gasteiger partial charge is 0.391 e. The van der Waals surface area contributed by atoms with Crippen LogP contribution in [0.15, 0.2) is 53.9 Å². The molecule has 0 atom stereocenters. The van der Waals surface area contributed by atoms with Crippen molar-refractivity contribution >= 4 is 56.7 Å². The van der Waals surface area contributed by atoms with E-state index in [1.165, 1.54) is 95.1 Å². The van der Waals surface area contributed by atoms with Gasteiger partial charge in [0.15, 0.2) is 0 Å². The molecule has 5 heterocycles. The van der Waals surface area contributed by atoms with Crippen LogP contribution in [-0.2, 0) is 19.4 Å². The standard InChI is InChI=1S/C31H34OS5/c1-3-5-7-9-21-17-18-33-30(21)28-15-13-26(36-28)24-11-12-25(35-24)27-14-16-29(37-27)31-22(10-8-6-4-2)19-23(20-32)34-31/h11-19,32H,3-10,20H2,1-2H3. The van der Waals surface area contributed by atoms with Crippen molar-refractivity contribution in [1.29, 1.82) is 0 Å². The van der Waals surface area contributed by atoms with Crippen molar-refractivity contribution in [2.75, 3.05) is 0 Å². The summed E-state index contributed by atoms with van der Waals surface area (Å²) < 4.78 is 0. The minimum Gasteiger partial charge on any atom is -0.391 e. The molecule has 0 radical (unpaired) electrons. The molecule has 0 aromatic carbocycles. The van der Waals surface area contributed by atoms with Crippen molar-refractivity contribution in [3.05, 3.63) is 69.9 Å². The fourth-order valence-electron chi connectivity index (χ4n) is 4.63. The fraction of sp³-hybridized carbons (Fsp3) is 0.355. The molecule has 1 nitrogen and oxygen atoms in total. The molecule has 0 unspecified atom stereocenters. The van der Waals surface area contributed by atoms with Crippen molar-refractivity contribution in [1.82, 2.24) is 0 Å². The lowest BCUT2D eigenvalue weighted by Crippen LogP contribution is -1.84. The molecule has 0 aliphatic rings. The summed E-state index contributed by atoms with van der Waals surface area (Å²) in [6.45, 7) is 4.65. The monoisotopic (exact) mass is 582 g/mol. The number of thiophene rings is 5. The van der Waals surface area contributed by atoms with E-state index in [4.69, 9.17) is 0 Å². The Morgan fingerprint density at radius 2 is 1.08 bits per heavy atom. The van der Waals surface area contributed by atoms with E-state index in [1.807, 2.05) is 45.3 Å². The second kappa shape index (κ2) is 13.0. The van der Waals surface area contributed by atoms with Gasteiger partial charge in [0.2, 0.25) is 0 Å². The van der Waals surface area contributed by atoms with Gasteiger partial charge in [-0.25, -0.2) is 0 Å². The third-order valence-corrected chi connectivity index (χ3v) is 12.7. The number of unbranched alkanes of at least 4 members (excludes halogenated alkanes) is 4. The van der Waals surface area contributed by atoms with E-state index in [-0.39, 0.29) is 6.61 Å². The molecule has 0 saturated heterocycles. The minimum absolute atomic E-state index is 0.131. The Hall–Kier alpha value is -1.54. The van der Waals surface area contributed by atoms with Gasteiger partial charge < -0.3 is 5.11 Å². The first-order chi connectivity index (χ1) is 18.2. The zero-order chi connectivity index (χ0) is 25.6. The zero-order valence-electron chi connectivity index (χ0n) is 21.5. The van der Waals surface area contributed by atoms with Gasteiger partial charge in [-0.05, 0) is 90.7 Å². The molecule has 0 spiro atoms. The topological polar surface area (TPSA) is 20.2 Å². The van der Waals surface area contributed by atoms with E-state index in [0.29, 0.717) is 0 Å². The number of rotatable bonds is 13. The summed E-state index contributed by atoms with van der Waals surface area (Å²) in [4.78, 5) is 12.0. The molecule has 194 valence electrons. The summed E-state index contributed by atoms with van der Waals surface area (Å²) in [6, 6.07) is 18.3. The summed E-state index contributed by atoms with van der Waals surface area (Å²) in [7, 11) is 0. The van der Waals surface area contributed by atoms with Gasteiger partial charge in [0.25, 0.3) is 0 Å². The van der Waals surface area contributed by atoms with Crippen LogP contribution in [0.4, 0.5) is 0 Å². The minimum atomic E-state index is 0.131. The van der Waals surface area contributed by atoms with Crippen LogP contribution in [-0.4, -0.2) is 5.11 Å². The van der Waals surface area contributed by atoms with Crippen LogP contribution >= 0.6 is 56.7 Å². The highest BCUT2D eigenvalue weighted by atomic mass is 32.1. The highest BCUT2D eigenvalue weighted by molar-refractivity contribution is 7.29. The maximum atomic E-state index is 9.73. The van der Waals surface area contributed by atoms with Gasteiger partial charge in [0.05, 0.1) is 6.61 Å². The molecular formula is C31H34OS5. The third kappa shape index (κ3) is 6.38. The zero-order valence-corrected chi connectivity index (χ0v) is 25.6. The normalized spacial score (nSPS) is 11.5. The first kappa shape index (κ1) is 27.0. The van der Waals surface area contributed by atoms with Crippen LogP contribution in [0.5, 0.6) is 0 Å². The maximum absolute atomic E-state index is 9.73. The number of aryl methyl sites for hydroxylation is 2. The highest BCUT2D eigenvalue weighted by Gasteiger charge is 2.16. The molecule has 0 aliphatic carbocycles. The predicted octanol–water partition coefficient (Wildman–Crippen LogP) is 11.6. The van der Waals surface area contributed by atoms with E-state index in [9.17, 15) is 5.11 Å². The first-order valence-corrected chi connectivity index (χ1v) is 17.4. The maximum Gasteiger partial charge on any atom is 0.0774 e. The van der Waals surface area contributed by atoms with Crippen molar-refractivity contribution in [2.24, 2.45) is 0 Å². The lowest BCUT2D eigenvalue weighted by atomic mass is 10.1. The fourth-order valence-corrected chi connectivity index (χ4v) is 10.2. The van der Waals surface area contributed by atoms with E-state index in [1.54, 1.807) is 11.3 Å². The van der Waals surface area contributed by atoms with E-state index < -0.39 is 0 Å². The summed E-state index contributed by atoms with van der Waals surface area (Å²) in [5.41, 5.74) is 2.91. The van der Waals surface area contributed by atoms with Gasteiger partial charge >= 0.3 is 0 Å². The van der Waals surface area contributed by atoms with Crippen LogP contribution < -0.4 is 0 Å². The second-order valence-electron chi connectivity index (χ2n) is 9.41. The Balaban J connectivity index is 1.33. The van der Waals surface area contributed by atoms with E-state index >= 15 is 0 Å². The molecule has 6 heteroatoms. The van der Waals surface area contributed by atoms with E-state index in [0.717, 1.165) is 11.3 Å². The van der Waals surface area contributed by atoms with Gasteiger partial charge in [0.1, 0.15) is 0 Å². The summed E-state index contributed by atoms with van der Waals surface area (Å²) in [5.74, 6) is 0. The molecule has 0 amide bonds. The number of hydrogen-bond acceptors (Lipinski definition) is 6. The number of hydrogen-bond donors (Lipinski definition) is 1. The molecule has 5 rings (SSSR count). The van der Waals surface area contributed by atoms with Crippen LogP contribution in [0.2, 0.25) is 0 Å². The Labute approximate surface area is 241 Å². The Morgan fingerprint density at radius 3 is 1.65 bits per heavy atom. The van der Waals surface area contributed by atoms with Crippen molar-refractivity contribution in [3.63, 3.8) is 0 Å². The molecule has 0 saturated carbocycles. The van der Waals surface area contributed by atoms with Crippen LogP contribution in [0.1, 0.15) is 68.4 Å². The molecule has 37 heavy (non-hydrogen) atoms. The van der Waals surface area contributed by atoms with Gasteiger partial charge in [0, 0.05) is 43.9 Å². The van der Waals surface area contributed by atoms with Gasteiger partial charge in [-0.15, -0.1) is 56.7 Å². The average Bonchev–Trinajstić information content (AvgIpc) is 3.72. The molecule has 1 N–H and O–H groups in total. The Kier molecular flexibility index (Phi) is 9.51. The van der Waals surface area contributed by atoms with Gasteiger partial charge in [-0.3, -0.25) is 0 Å². The number of aliphatic hydroxyl groups is 1. The van der Waals surface area contributed by atoms with Gasteiger partial charge in [-0.2, -0.15) is 0 Å². The summed E-state index contributed by atoms with van der Waals surface area (Å²) in [5, 5.41) is 12.0. The quantitative estimate of drug-likeness (QED) is 0.137. The lowest BCUT2D eigenvalue weighted by molar-refractivity contribution is 0.285. The summed E-state index contributed by atoms with van der Waals surface area (Å²) >= 11 is 9.35. The second-order valence-corrected chi connectivity index (χ2v) is 14.7. The molecule has 5 aromatic rings. The third-order valence-electron chi connectivity index (χ3n) is 6.61.